The van der Waals surface area contributed by atoms with E-state index in [4.69, 9.17) is 14.2 Å². The molecule has 4 rings (SSSR count). The van der Waals surface area contributed by atoms with Crippen molar-refractivity contribution in [3.8, 4) is 16.9 Å². The van der Waals surface area contributed by atoms with Crippen molar-refractivity contribution >= 4 is 29.6 Å². The summed E-state index contributed by atoms with van der Waals surface area (Å²) in [5.41, 5.74) is 3.47. The minimum absolute atomic E-state index is 0.0639. The first-order valence-corrected chi connectivity index (χ1v) is 12.2. The van der Waals surface area contributed by atoms with Crippen LogP contribution in [0.4, 0.5) is 10.5 Å². The van der Waals surface area contributed by atoms with Crippen molar-refractivity contribution < 1.29 is 33.4 Å². The molecule has 0 N–H and O–H groups in total. The number of carbonyl (C=O) groups excluding carboxylic acids is 4. The predicted octanol–water partition coefficient (Wildman–Crippen LogP) is 5.43. The van der Waals surface area contributed by atoms with Crippen LogP contribution < -0.4 is 9.64 Å². The maximum absolute atomic E-state index is 13.5. The molecule has 1 aromatic carbocycles. The molecule has 0 bridgehead atoms. The zero-order chi connectivity index (χ0) is 26.7. The first kappa shape index (κ1) is 25.9. The van der Waals surface area contributed by atoms with Crippen LogP contribution in [0.2, 0.25) is 0 Å². The molecule has 1 aromatic rings. The number of esters is 1. The molecule has 2 aliphatic carbocycles. The monoisotopic (exact) mass is 503 g/mol. The summed E-state index contributed by atoms with van der Waals surface area (Å²) in [4.78, 5) is 52.5. The van der Waals surface area contributed by atoms with Crippen molar-refractivity contribution in [3.05, 3.63) is 70.8 Å². The molecule has 0 spiro atoms. The van der Waals surface area contributed by atoms with Crippen LogP contribution >= 0.6 is 0 Å². The Bertz CT molecular complexity index is 1310. The van der Waals surface area contributed by atoms with Crippen LogP contribution in [-0.2, 0) is 27.1 Å². The summed E-state index contributed by atoms with van der Waals surface area (Å²) in [7, 11) is 1.32. The minimum atomic E-state index is -0.941. The van der Waals surface area contributed by atoms with Gasteiger partial charge in [-0.25, -0.2) is 9.69 Å². The molecule has 2 amide bonds. The number of amides is 2. The number of hydrogen-bond acceptors (Lipinski definition) is 7. The lowest BCUT2D eigenvalue weighted by atomic mass is 9.99. The molecule has 0 fully saturated rings. The van der Waals surface area contributed by atoms with Gasteiger partial charge >= 0.3 is 12.1 Å². The molecule has 8 nitrogen and oxygen atoms in total. The third-order valence-corrected chi connectivity index (χ3v) is 6.30. The van der Waals surface area contributed by atoms with Gasteiger partial charge < -0.3 is 14.2 Å². The Labute approximate surface area is 215 Å². The van der Waals surface area contributed by atoms with Crippen molar-refractivity contribution in [1.82, 2.24) is 0 Å². The van der Waals surface area contributed by atoms with E-state index < -0.39 is 18.0 Å². The summed E-state index contributed by atoms with van der Waals surface area (Å²) in [6.45, 7) is 5.91. The highest BCUT2D eigenvalue weighted by Crippen LogP contribution is 2.51. The Morgan fingerprint density at radius 1 is 0.892 bits per heavy atom. The van der Waals surface area contributed by atoms with Crippen LogP contribution in [0, 0.1) is 5.92 Å². The molecule has 0 saturated heterocycles. The van der Waals surface area contributed by atoms with E-state index in [2.05, 4.69) is 13.8 Å². The van der Waals surface area contributed by atoms with Gasteiger partial charge in [0, 0.05) is 5.56 Å². The summed E-state index contributed by atoms with van der Waals surface area (Å²) in [5.74, 6) is -0.943. The Morgan fingerprint density at radius 3 is 2.08 bits per heavy atom. The summed E-state index contributed by atoms with van der Waals surface area (Å²) in [6.07, 6.45) is 0.416. The predicted molar refractivity (Wildman–Crippen MR) is 137 cm³/mol. The van der Waals surface area contributed by atoms with Crippen molar-refractivity contribution in [3.63, 3.8) is 0 Å². The van der Waals surface area contributed by atoms with E-state index in [1.165, 1.54) is 7.11 Å². The molecule has 8 heteroatoms. The van der Waals surface area contributed by atoms with Gasteiger partial charge in [-0.2, -0.15) is 0 Å². The number of rotatable bonds is 8. The number of carbonyl (C=O) groups is 4. The smallest absolute Gasteiger partial charge is 0.469 e. The maximum atomic E-state index is 13.5. The molecule has 1 aliphatic heterocycles. The summed E-state index contributed by atoms with van der Waals surface area (Å²) in [5, 5.41) is 0. The topological polar surface area (TPSA) is 99.2 Å². The van der Waals surface area contributed by atoms with E-state index in [0.29, 0.717) is 45.7 Å². The van der Waals surface area contributed by atoms with Gasteiger partial charge in [0.2, 0.25) is 0 Å². The van der Waals surface area contributed by atoms with Crippen molar-refractivity contribution in [2.75, 3.05) is 18.6 Å². The van der Waals surface area contributed by atoms with Crippen molar-refractivity contribution in [2.45, 2.75) is 40.0 Å². The molecule has 0 radical (unpaired) electrons. The van der Waals surface area contributed by atoms with E-state index in [0.717, 1.165) is 11.3 Å². The van der Waals surface area contributed by atoms with E-state index in [1.54, 1.807) is 49.4 Å². The van der Waals surface area contributed by atoms with E-state index in [1.807, 2.05) is 6.07 Å². The molecule has 0 saturated carbocycles. The molecule has 1 heterocycles. The fraction of sp³-hybridized carbons (Fsp3) is 0.310. The quantitative estimate of drug-likeness (QED) is 0.298. The zero-order valence-electron chi connectivity index (χ0n) is 21.3. The van der Waals surface area contributed by atoms with Crippen LogP contribution in [0.1, 0.15) is 59.0 Å². The van der Waals surface area contributed by atoms with Gasteiger partial charge in [0.15, 0.2) is 5.75 Å². The molecule has 0 aromatic heterocycles. The van der Waals surface area contributed by atoms with Gasteiger partial charge in [0.1, 0.15) is 0 Å². The average molecular weight is 504 g/mol. The molecule has 0 atom stereocenters. The van der Waals surface area contributed by atoms with Gasteiger partial charge in [0.05, 0.1) is 37.0 Å². The lowest BCUT2D eigenvalue weighted by molar-refractivity contribution is -0.139. The number of fused-ring (bicyclic) bond motifs is 2. The third kappa shape index (κ3) is 5.05. The van der Waals surface area contributed by atoms with Crippen molar-refractivity contribution in [2.24, 2.45) is 5.92 Å². The Hall–Kier alpha value is -4.20. The fourth-order valence-electron chi connectivity index (χ4n) is 4.47. The second-order valence-corrected chi connectivity index (χ2v) is 9.19. The van der Waals surface area contributed by atoms with E-state index in [-0.39, 0.29) is 30.4 Å². The molecule has 37 heavy (non-hydrogen) atoms. The summed E-state index contributed by atoms with van der Waals surface area (Å²) < 4.78 is 15.5. The average Bonchev–Trinajstić information content (AvgIpc) is 3.17. The standard InChI is InChI=1S/C29H29NO7/c1-5-36-29(34)37-26-21-15-12-18(16-24(31)35-4)11-14-19(21)20(13-10-17(2)3)25(26)30-27(32)22-8-6-7-9-23(22)28(30)33/h6-9,11-12,14-15,17H,5,10,13,16H2,1-4H3. The largest absolute Gasteiger partial charge is 0.513 e. The lowest BCUT2D eigenvalue weighted by Crippen LogP contribution is -2.30. The first-order chi connectivity index (χ1) is 17.8. The van der Waals surface area contributed by atoms with Gasteiger partial charge in [-0.05, 0) is 54.5 Å². The van der Waals surface area contributed by atoms with Gasteiger partial charge in [-0.15, -0.1) is 0 Å². The van der Waals surface area contributed by atoms with Crippen molar-refractivity contribution in [1.29, 1.82) is 0 Å². The van der Waals surface area contributed by atoms with E-state index >= 15 is 0 Å². The first-order valence-electron chi connectivity index (χ1n) is 12.2. The minimum Gasteiger partial charge on any atom is -0.469 e. The van der Waals surface area contributed by atoms with Crippen LogP contribution in [0.15, 0.2) is 48.5 Å². The van der Waals surface area contributed by atoms with Crippen LogP contribution in [-0.4, -0.2) is 37.7 Å². The molecule has 192 valence electrons. The summed E-state index contributed by atoms with van der Waals surface area (Å²) >= 11 is 0. The number of hydrogen-bond donors (Lipinski definition) is 0. The van der Waals surface area contributed by atoms with E-state index in [9.17, 15) is 19.2 Å². The number of nitrogens with zero attached hydrogens (tertiary/aromatic N) is 1. The molecular formula is C29H29NO7. The third-order valence-electron chi connectivity index (χ3n) is 6.30. The summed E-state index contributed by atoms with van der Waals surface area (Å²) in [6, 6.07) is 13.7. The number of imide groups is 1. The number of ether oxygens (including phenoxy) is 3. The highest BCUT2D eigenvalue weighted by atomic mass is 16.7. The molecule has 3 aliphatic rings. The number of anilines is 1. The maximum Gasteiger partial charge on any atom is 0.513 e. The SMILES string of the molecule is CCOC(=O)Oc1c2ccc(CC(=O)OC)ccc-2c(CCC(C)C)c1N1C(=O)c2ccccc2C1=O. The lowest BCUT2D eigenvalue weighted by Gasteiger charge is -2.18. The van der Waals surface area contributed by atoms with Gasteiger partial charge in [-0.3, -0.25) is 14.4 Å². The Kier molecular flexibility index (Phi) is 7.57. The Morgan fingerprint density at radius 2 is 1.51 bits per heavy atom. The second-order valence-electron chi connectivity index (χ2n) is 9.19. The van der Waals surface area contributed by atoms with Crippen LogP contribution in [0.25, 0.3) is 11.1 Å². The van der Waals surface area contributed by atoms with Gasteiger partial charge in [-0.1, -0.05) is 50.2 Å². The highest BCUT2D eigenvalue weighted by molar-refractivity contribution is 6.35. The molecule has 0 unspecified atom stereocenters. The van der Waals surface area contributed by atoms with Gasteiger partial charge in [0.25, 0.3) is 11.8 Å². The number of benzene rings is 1. The second kappa shape index (κ2) is 10.8. The van der Waals surface area contributed by atoms with Crippen LogP contribution in [0.3, 0.4) is 0 Å². The van der Waals surface area contributed by atoms with Crippen LogP contribution in [0.5, 0.6) is 5.75 Å². The highest BCUT2D eigenvalue weighted by Gasteiger charge is 2.42. The number of methoxy groups -OCH3 is 1. The fourth-order valence-corrected chi connectivity index (χ4v) is 4.47. The normalized spacial score (nSPS) is 12.7. The molecular weight excluding hydrogens is 474 g/mol. The zero-order valence-corrected chi connectivity index (χ0v) is 21.3. The Balaban J connectivity index is 1.96.